The third kappa shape index (κ3) is 2.39. The standard InChI is InChI=1S/C16H11N3OS/c1-2-6-13-11(5-1)9-14(20-13)12-10-21-16(18-12)19-15-7-3-4-8-17-15/h1-10H,(H,17,18,19). The normalized spacial score (nSPS) is 10.9. The Morgan fingerprint density at radius 1 is 1.05 bits per heavy atom. The lowest BCUT2D eigenvalue weighted by molar-refractivity contribution is 0.629. The highest BCUT2D eigenvalue weighted by Gasteiger charge is 2.10. The molecule has 4 aromatic rings. The molecule has 0 spiro atoms. The molecule has 0 saturated carbocycles. The first kappa shape index (κ1) is 12.1. The van der Waals surface area contributed by atoms with Crippen molar-refractivity contribution in [3.05, 3.63) is 60.1 Å². The monoisotopic (exact) mass is 293 g/mol. The third-order valence-corrected chi connectivity index (χ3v) is 3.84. The van der Waals surface area contributed by atoms with Crippen molar-refractivity contribution in [1.82, 2.24) is 9.97 Å². The molecule has 0 bridgehead atoms. The van der Waals surface area contributed by atoms with Gasteiger partial charge in [0.1, 0.15) is 17.1 Å². The summed E-state index contributed by atoms with van der Waals surface area (Å²) in [5.74, 6) is 1.56. The van der Waals surface area contributed by atoms with E-state index in [0.29, 0.717) is 0 Å². The van der Waals surface area contributed by atoms with Gasteiger partial charge in [-0.3, -0.25) is 0 Å². The molecule has 21 heavy (non-hydrogen) atoms. The van der Waals surface area contributed by atoms with Gasteiger partial charge in [0, 0.05) is 17.0 Å². The van der Waals surface area contributed by atoms with Crippen LogP contribution in [0.5, 0.6) is 0 Å². The van der Waals surface area contributed by atoms with Crippen molar-refractivity contribution in [3.8, 4) is 11.5 Å². The lowest BCUT2D eigenvalue weighted by Crippen LogP contribution is -1.91. The molecule has 1 N–H and O–H groups in total. The summed E-state index contributed by atoms with van der Waals surface area (Å²) in [5, 5.41) is 7.04. The molecule has 4 rings (SSSR count). The Morgan fingerprint density at radius 2 is 1.95 bits per heavy atom. The first-order valence-electron chi connectivity index (χ1n) is 6.51. The zero-order chi connectivity index (χ0) is 14.1. The second-order valence-electron chi connectivity index (χ2n) is 4.53. The van der Waals surface area contributed by atoms with Crippen LogP contribution in [0.4, 0.5) is 10.9 Å². The minimum Gasteiger partial charge on any atom is -0.454 e. The number of benzene rings is 1. The van der Waals surface area contributed by atoms with E-state index in [1.54, 1.807) is 6.20 Å². The molecule has 0 radical (unpaired) electrons. The van der Waals surface area contributed by atoms with Crippen LogP contribution in [0.2, 0.25) is 0 Å². The van der Waals surface area contributed by atoms with Gasteiger partial charge in [-0.2, -0.15) is 0 Å². The number of aromatic nitrogens is 2. The molecule has 0 aliphatic rings. The topological polar surface area (TPSA) is 51.0 Å². The number of rotatable bonds is 3. The molecule has 0 unspecified atom stereocenters. The molecule has 0 aliphatic carbocycles. The number of nitrogens with zero attached hydrogens (tertiary/aromatic N) is 2. The number of fused-ring (bicyclic) bond motifs is 1. The van der Waals surface area contributed by atoms with Crippen molar-refractivity contribution >= 4 is 33.3 Å². The summed E-state index contributed by atoms with van der Waals surface area (Å²) >= 11 is 1.53. The predicted octanol–water partition coefficient (Wildman–Crippen LogP) is 4.69. The van der Waals surface area contributed by atoms with Crippen molar-refractivity contribution in [2.45, 2.75) is 0 Å². The van der Waals surface area contributed by atoms with Crippen molar-refractivity contribution in [3.63, 3.8) is 0 Å². The summed E-state index contributed by atoms with van der Waals surface area (Å²) in [4.78, 5) is 8.77. The van der Waals surface area contributed by atoms with E-state index in [0.717, 1.165) is 33.4 Å². The molecule has 0 atom stereocenters. The van der Waals surface area contributed by atoms with Gasteiger partial charge in [0.05, 0.1) is 0 Å². The summed E-state index contributed by atoms with van der Waals surface area (Å²) in [5.41, 5.74) is 1.70. The first-order valence-corrected chi connectivity index (χ1v) is 7.39. The van der Waals surface area contributed by atoms with Crippen molar-refractivity contribution < 1.29 is 4.42 Å². The Morgan fingerprint density at radius 3 is 2.81 bits per heavy atom. The maximum atomic E-state index is 5.82. The molecular weight excluding hydrogens is 282 g/mol. The Labute approximate surface area is 125 Å². The molecule has 3 heterocycles. The lowest BCUT2D eigenvalue weighted by atomic mass is 10.2. The van der Waals surface area contributed by atoms with Crippen LogP contribution in [0.1, 0.15) is 0 Å². The summed E-state index contributed by atoms with van der Waals surface area (Å²) in [7, 11) is 0. The van der Waals surface area contributed by atoms with E-state index in [9.17, 15) is 0 Å². The summed E-state index contributed by atoms with van der Waals surface area (Å²) in [6.07, 6.45) is 1.75. The van der Waals surface area contributed by atoms with Crippen molar-refractivity contribution in [2.75, 3.05) is 5.32 Å². The fourth-order valence-corrected chi connectivity index (χ4v) is 2.81. The number of anilines is 2. The van der Waals surface area contributed by atoms with E-state index in [-0.39, 0.29) is 0 Å². The second kappa shape index (κ2) is 5.03. The maximum Gasteiger partial charge on any atom is 0.188 e. The molecular formula is C16H11N3OS. The average Bonchev–Trinajstić information content (AvgIpc) is 3.14. The highest BCUT2D eigenvalue weighted by atomic mass is 32.1. The Bertz CT molecular complexity index is 850. The molecule has 4 nitrogen and oxygen atoms in total. The van der Waals surface area contributed by atoms with Crippen LogP contribution in [0.25, 0.3) is 22.4 Å². The molecule has 102 valence electrons. The zero-order valence-electron chi connectivity index (χ0n) is 11.0. The average molecular weight is 293 g/mol. The fourth-order valence-electron chi connectivity index (χ4n) is 2.10. The summed E-state index contributed by atoms with van der Waals surface area (Å²) in [6.45, 7) is 0. The van der Waals surface area contributed by atoms with E-state index in [1.165, 1.54) is 11.3 Å². The highest BCUT2D eigenvalue weighted by Crippen LogP contribution is 2.30. The first-order chi connectivity index (χ1) is 10.4. The number of hydrogen-bond acceptors (Lipinski definition) is 5. The van der Waals surface area contributed by atoms with Gasteiger partial charge in [0.15, 0.2) is 10.9 Å². The number of hydrogen-bond donors (Lipinski definition) is 1. The maximum absolute atomic E-state index is 5.82. The molecule has 1 aromatic carbocycles. The van der Waals surface area contributed by atoms with Gasteiger partial charge in [0.25, 0.3) is 0 Å². The van der Waals surface area contributed by atoms with Gasteiger partial charge in [0.2, 0.25) is 0 Å². The van der Waals surface area contributed by atoms with Crippen molar-refractivity contribution in [2.24, 2.45) is 0 Å². The predicted molar refractivity (Wildman–Crippen MR) is 84.8 cm³/mol. The lowest BCUT2D eigenvalue weighted by Gasteiger charge is -1.99. The highest BCUT2D eigenvalue weighted by molar-refractivity contribution is 7.14. The molecule has 0 fully saturated rings. The summed E-state index contributed by atoms with van der Waals surface area (Å²) < 4.78 is 5.82. The van der Waals surface area contributed by atoms with Gasteiger partial charge < -0.3 is 9.73 Å². The van der Waals surface area contributed by atoms with Crippen LogP contribution in [-0.4, -0.2) is 9.97 Å². The minimum atomic E-state index is 0.779. The smallest absolute Gasteiger partial charge is 0.188 e. The number of furan rings is 1. The van der Waals surface area contributed by atoms with Crippen LogP contribution < -0.4 is 5.32 Å². The van der Waals surface area contributed by atoms with E-state index < -0.39 is 0 Å². The Hall–Kier alpha value is -2.66. The van der Waals surface area contributed by atoms with Gasteiger partial charge in [-0.15, -0.1) is 11.3 Å². The molecule has 0 aliphatic heterocycles. The zero-order valence-corrected chi connectivity index (χ0v) is 11.8. The van der Waals surface area contributed by atoms with Gasteiger partial charge in [-0.1, -0.05) is 24.3 Å². The van der Waals surface area contributed by atoms with Crippen LogP contribution in [0.15, 0.2) is 64.5 Å². The van der Waals surface area contributed by atoms with Crippen LogP contribution in [0.3, 0.4) is 0 Å². The Balaban J connectivity index is 1.64. The molecule has 3 aromatic heterocycles. The Kier molecular flexibility index (Phi) is 2.90. The van der Waals surface area contributed by atoms with Gasteiger partial charge in [-0.05, 0) is 24.3 Å². The van der Waals surface area contributed by atoms with Crippen molar-refractivity contribution in [1.29, 1.82) is 0 Å². The van der Waals surface area contributed by atoms with E-state index in [1.807, 2.05) is 53.9 Å². The SMILES string of the molecule is c1ccc(Nc2nc(-c3cc4ccccc4o3)cs2)nc1. The number of para-hydroxylation sites is 1. The van der Waals surface area contributed by atoms with Crippen LogP contribution >= 0.6 is 11.3 Å². The molecule has 5 heteroatoms. The quantitative estimate of drug-likeness (QED) is 0.595. The second-order valence-corrected chi connectivity index (χ2v) is 5.38. The van der Waals surface area contributed by atoms with Crippen LogP contribution in [0, 0.1) is 0 Å². The number of pyridine rings is 1. The summed E-state index contributed by atoms with van der Waals surface area (Å²) in [6, 6.07) is 15.7. The van der Waals surface area contributed by atoms with Crippen LogP contribution in [-0.2, 0) is 0 Å². The molecule has 0 saturated heterocycles. The number of thiazole rings is 1. The molecule has 0 amide bonds. The van der Waals surface area contributed by atoms with E-state index in [4.69, 9.17) is 4.42 Å². The number of nitrogens with one attached hydrogen (secondary N) is 1. The van der Waals surface area contributed by atoms with Gasteiger partial charge >= 0.3 is 0 Å². The fraction of sp³-hybridized carbons (Fsp3) is 0. The third-order valence-electron chi connectivity index (χ3n) is 3.08. The van der Waals surface area contributed by atoms with Gasteiger partial charge in [-0.25, -0.2) is 9.97 Å². The van der Waals surface area contributed by atoms with E-state index >= 15 is 0 Å². The van der Waals surface area contributed by atoms with E-state index in [2.05, 4.69) is 15.3 Å². The largest absolute Gasteiger partial charge is 0.454 e. The minimum absolute atomic E-state index is 0.779.